The van der Waals surface area contributed by atoms with Gasteiger partial charge in [-0.3, -0.25) is 4.79 Å². The summed E-state index contributed by atoms with van der Waals surface area (Å²) < 4.78 is 22.7. The maximum absolute atomic E-state index is 15.3. The number of methoxy groups -OCH3 is 1. The van der Waals surface area contributed by atoms with Crippen LogP contribution in [0.25, 0.3) is 10.9 Å². The highest BCUT2D eigenvalue weighted by atomic mass is 19.1. The zero-order valence-electron chi connectivity index (χ0n) is 16.9. The summed E-state index contributed by atoms with van der Waals surface area (Å²) in [5.41, 5.74) is -0.201. The molecule has 0 bridgehead atoms. The largest absolute Gasteiger partial charge is 0.492 e. The number of benzene rings is 1. The molecule has 1 aromatic carbocycles. The molecular weight excluding hydrogens is 377 g/mol. The number of anilines is 1. The van der Waals surface area contributed by atoms with Gasteiger partial charge in [0.2, 0.25) is 5.43 Å². The van der Waals surface area contributed by atoms with Gasteiger partial charge in [-0.1, -0.05) is 0 Å². The predicted molar refractivity (Wildman–Crippen MR) is 109 cm³/mol. The Bertz CT molecular complexity index is 1030. The molecule has 1 aliphatic heterocycles. The lowest BCUT2D eigenvalue weighted by Gasteiger charge is -2.25. The lowest BCUT2D eigenvalue weighted by atomic mass is 10.0. The van der Waals surface area contributed by atoms with E-state index in [1.807, 2.05) is 11.9 Å². The van der Waals surface area contributed by atoms with Crippen LogP contribution < -0.4 is 20.4 Å². The van der Waals surface area contributed by atoms with Crippen LogP contribution in [0.15, 0.2) is 17.1 Å². The van der Waals surface area contributed by atoms with Crippen molar-refractivity contribution in [1.82, 2.24) is 9.88 Å². The summed E-state index contributed by atoms with van der Waals surface area (Å²) in [5, 5.41) is 12.7. The van der Waals surface area contributed by atoms with Crippen LogP contribution in [0, 0.1) is 11.7 Å². The van der Waals surface area contributed by atoms with E-state index < -0.39 is 17.2 Å². The molecule has 0 amide bonds. The molecule has 1 aromatic heterocycles. The molecule has 2 atom stereocenters. The summed E-state index contributed by atoms with van der Waals surface area (Å²) in [6.45, 7) is 3.48. The normalized spacial score (nSPS) is 20.3. The lowest BCUT2D eigenvalue weighted by Crippen LogP contribution is -2.33. The number of hydrogen-bond donors (Lipinski definition) is 2. The second-order valence-electron chi connectivity index (χ2n) is 8.02. The van der Waals surface area contributed by atoms with Crippen LogP contribution >= 0.6 is 0 Å². The fourth-order valence-corrected chi connectivity index (χ4v) is 4.36. The first-order chi connectivity index (χ1) is 13.9. The van der Waals surface area contributed by atoms with E-state index in [4.69, 9.17) is 4.74 Å². The minimum absolute atomic E-state index is 0.0502. The average molecular weight is 403 g/mol. The lowest BCUT2D eigenvalue weighted by molar-refractivity contribution is 0.0695. The zero-order valence-corrected chi connectivity index (χ0v) is 16.9. The van der Waals surface area contributed by atoms with Gasteiger partial charge in [-0.2, -0.15) is 0 Å². The van der Waals surface area contributed by atoms with E-state index in [2.05, 4.69) is 12.2 Å². The van der Waals surface area contributed by atoms with Crippen molar-refractivity contribution < 1.29 is 19.0 Å². The van der Waals surface area contributed by atoms with Gasteiger partial charge in [0, 0.05) is 31.4 Å². The first-order valence-electron chi connectivity index (χ1n) is 9.98. The van der Waals surface area contributed by atoms with Gasteiger partial charge in [0.15, 0.2) is 11.6 Å². The minimum Gasteiger partial charge on any atom is -0.492 e. The maximum atomic E-state index is 15.3. The van der Waals surface area contributed by atoms with Gasteiger partial charge in [-0.05, 0) is 45.2 Å². The Balaban J connectivity index is 1.93. The predicted octanol–water partition coefficient (Wildman–Crippen LogP) is 2.62. The summed E-state index contributed by atoms with van der Waals surface area (Å²) in [6.07, 6.45) is 4.08. The molecule has 2 fully saturated rings. The van der Waals surface area contributed by atoms with Crippen molar-refractivity contribution in [1.29, 1.82) is 0 Å². The van der Waals surface area contributed by atoms with Gasteiger partial charge >= 0.3 is 5.97 Å². The molecule has 1 saturated carbocycles. The van der Waals surface area contributed by atoms with Gasteiger partial charge in [0.05, 0.1) is 18.0 Å². The smallest absolute Gasteiger partial charge is 0.341 e. The quantitative estimate of drug-likeness (QED) is 0.772. The Morgan fingerprint density at radius 3 is 2.69 bits per heavy atom. The fraction of sp³-hybridized carbons (Fsp3) is 0.524. The van der Waals surface area contributed by atoms with Crippen LogP contribution in [0.3, 0.4) is 0 Å². The summed E-state index contributed by atoms with van der Waals surface area (Å²) in [4.78, 5) is 26.3. The average Bonchev–Trinajstić information content (AvgIpc) is 3.43. The van der Waals surface area contributed by atoms with Crippen molar-refractivity contribution in [2.75, 3.05) is 32.1 Å². The number of carboxylic acid groups (broad SMARTS) is 1. The van der Waals surface area contributed by atoms with Crippen LogP contribution in [0.1, 0.15) is 42.6 Å². The maximum Gasteiger partial charge on any atom is 0.341 e. The van der Waals surface area contributed by atoms with Gasteiger partial charge in [0.25, 0.3) is 0 Å². The van der Waals surface area contributed by atoms with Gasteiger partial charge in [0.1, 0.15) is 11.3 Å². The number of pyridine rings is 1. The van der Waals surface area contributed by atoms with Crippen LogP contribution in [-0.4, -0.2) is 48.9 Å². The highest BCUT2D eigenvalue weighted by Gasteiger charge is 2.34. The number of rotatable bonds is 6. The van der Waals surface area contributed by atoms with Crippen LogP contribution in [-0.2, 0) is 0 Å². The molecule has 2 aliphatic rings. The van der Waals surface area contributed by atoms with Crippen molar-refractivity contribution in [2.45, 2.75) is 38.3 Å². The van der Waals surface area contributed by atoms with E-state index in [0.717, 1.165) is 19.3 Å². The monoisotopic (exact) mass is 403 g/mol. The first-order valence-corrected chi connectivity index (χ1v) is 9.98. The van der Waals surface area contributed by atoms with E-state index in [9.17, 15) is 14.7 Å². The van der Waals surface area contributed by atoms with Crippen LogP contribution in [0.4, 0.5) is 10.1 Å². The molecule has 1 unspecified atom stereocenters. The number of nitrogens with zero attached hydrogens (tertiary/aromatic N) is 2. The number of aromatic nitrogens is 1. The number of ether oxygens (including phenoxy) is 1. The molecule has 156 valence electrons. The molecule has 8 heteroatoms. The third-order valence-electron chi connectivity index (χ3n) is 6.28. The number of carbonyl (C=O) groups is 1. The Kier molecular flexibility index (Phi) is 4.98. The first kappa shape index (κ1) is 19.7. The van der Waals surface area contributed by atoms with E-state index in [1.165, 1.54) is 19.4 Å². The van der Waals surface area contributed by atoms with Crippen LogP contribution in [0.5, 0.6) is 5.75 Å². The minimum atomic E-state index is -1.31. The van der Waals surface area contributed by atoms with Gasteiger partial charge in [-0.15, -0.1) is 0 Å². The number of fused-ring (bicyclic) bond motifs is 1. The molecule has 2 aromatic rings. The van der Waals surface area contributed by atoms with Crippen molar-refractivity contribution in [3.05, 3.63) is 33.9 Å². The number of carboxylic acids is 1. The summed E-state index contributed by atoms with van der Waals surface area (Å²) in [5.74, 6) is -1.19. The SMILES string of the molecule is CN[C@@H](C)C1CCN(c2c(F)cc3c(=O)c(C(=O)O)cn(C4CC4)c3c2OC)C1. The number of nitrogens with one attached hydrogen (secondary N) is 1. The molecule has 2 heterocycles. The second kappa shape index (κ2) is 7.33. The van der Waals surface area contributed by atoms with Crippen molar-refractivity contribution in [2.24, 2.45) is 5.92 Å². The topological polar surface area (TPSA) is 83.8 Å². The number of hydrogen-bond acceptors (Lipinski definition) is 5. The van der Waals surface area contributed by atoms with E-state index in [1.54, 1.807) is 4.57 Å². The zero-order chi connectivity index (χ0) is 20.9. The van der Waals surface area contributed by atoms with Crippen molar-refractivity contribution in [3.63, 3.8) is 0 Å². The summed E-state index contributed by atoms with van der Waals surface area (Å²) in [6, 6.07) is 1.58. The van der Waals surface area contributed by atoms with Gasteiger partial charge < -0.3 is 24.6 Å². The van der Waals surface area contributed by atoms with Crippen molar-refractivity contribution >= 4 is 22.6 Å². The van der Waals surface area contributed by atoms with E-state index in [-0.39, 0.29) is 17.0 Å². The molecule has 1 saturated heterocycles. The molecule has 2 N–H and O–H groups in total. The molecule has 4 rings (SSSR count). The third kappa shape index (κ3) is 3.25. The number of halogens is 1. The molecule has 29 heavy (non-hydrogen) atoms. The highest BCUT2D eigenvalue weighted by molar-refractivity contribution is 5.97. The van der Waals surface area contributed by atoms with Gasteiger partial charge in [-0.25, -0.2) is 9.18 Å². The second-order valence-corrected chi connectivity index (χ2v) is 8.02. The summed E-state index contributed by atoms with van der Waals surface area (Å²) in [7, 11) is 3.38. The summed E-state index contributed by atoms with van der Waals surface area (Å²) >= 11 is 0. The Morgan fingerprint density at radius 1 is 1.38 bits per heavy atom. The Morgan fingerprint density at radius 2 is 2.10 bits per heavy atom. The Labute approximate surface area is 168 Å². The van der Waals surface area contributed by atoms with Crippen LogP contribution in [0.2, 0.25) is 0 Å². The van der Waals surface area contributed by atoms with E-state index >= 15 is 4.39 Å². The molecule has 7 nitrogen and oxygen atoms in total. The van der Waals surface area contributed by atoms with E-state index in [0.29, 0.717) is 42.0 Å². The standard InChI is InChI=1S/C21H26FN3O4/c1-11(23-2)12-6-7-24(9-12)18-16(22)8-14-17(20(18)29-3)25(13-4-5-13)10-15(19(14)26)21(27)28/h8,10-13,23H,4-7,9H2,1-3H3,(H,27,28)/t11-,12?/m0/s1. The number of aromatic carboxylic acids is 1. The Hall–Kier alpha value is -2.61. The fourth-order valence-electron chi connectivity index (χ4n) is 4.36. The molecule has 1 aliphatic carbocycles. The molecular formula is C21H26FN3O4. The third-order valence-corrected chi connectivity index (χ3v) is 6.28. The molecule has 0 spiro atoms. The highest BCUT2D eigenvalue weighted by Crippen LogP contribution is 2.44. The molecule has 0 radical (unpaired) electrons. The van der Waals surface area contributed by atoms with Crippen molar-refractivity contribution in [3.8, 4) is 5.75 Å².